The molecule has 0 unspecified atom stereocenters. The molecule has 0 heterocycles. The third-order valence-corrected chi connectivity index (χ3v) is 3.92. The Morgan fingerprint density at radius 2 is 1.85 bits per heavy atom. The third-order valence-electron chi connectivity index (χ3n) is 2.56. The van der Waals surface area contributed by atoms with Gasteiger partial charge in [0.25, 0.3) is 5.69 Å². The molecule has 0 radical (unpaired) electrons. The second-order valence-electron chi connectivity index (χ2n) is 3.86. The zero-order chi connectivity index (χ0) is 14.7. The maximum absolute atomic E-state index is 10.7. The van der Waals surface area contributed by atoms with Crippen molar-refractivity contribution in [1.82, 2.24) is 0 Å². The normalized spacial score (nSPS) is 10.3. The molecular weight excluding hydrogens is 369 g/mol. The summed E-state index contributed by atoms with van der Waals surface area (Å²) in [6.07, 6.45) is 0. The maximum Gasteiger partial charge on any atom is 0.273 e. The van der Waals surface area contributed by atoms with Crippen molar-refractivity contribution >= 4 is 44.8 Å². The van der Waals surface area contributed by atoms with Crippen molar-refractivity contribution in [3.05, 3.63) is 66.6 Å². The number of nitrogens with zero attached hydrogens (tertiary/aromatic N) is 1. The molecule has 0 saturated heterocycles. The van der Waals surface area contributed by atoms with Crippen LogP contribution in [0.15, 0.2) is 40.9 Å². The number of hydrogen-bond donors (Lipinski definition) is 0. The highest BCUT2D eigenvalue weighted by molar-refractivity contribution is 9.10. The monoisotopic (exact) mass is 375 g/mol. The Morgan fingerprint density at radius 1 is 1.20 bits per heavy atom. The molecule has 0 amide bonds. The molecule has 104 valence electrons. The topological polar surface area (TPSA) is 52.4 Å². The molecule has 2 aromatic rings. The molecule has 2 rings (SSSR count). The van der Waals surface area contributed by atoms with Crippen molar-refractivity contribution in [1.29, 1.82) is 0 Å². The van der Waals surface area contributed by atoms with Gasteiger partial charge in [0.1, 0.15) is 12.4 Å². The second-order valence-corrected chi connectivity index (χ2v) is 5.53. The molecule has 0 aliphatic rings. The number of rotatable bonds is 4. The lowest BCUT2D eigenvalue weighted by Crippen LogP contribution is -1.99. The fourth-order valence-corrected chi connectivity index (χ4v) is 2.40. The van der Waals surface area contributed by atoms with E-state index >= 15 is 0 Å². The highest BCUT2D eigenvalue weighted by Gasteiger charge is 2.12. The van der Waals surface area contributed by atoms with E-state index < -0.39 is 4.92 Å². The predicted octanol–water partition coefficient (Wildman–Crippen LogP) is 5.24. The van der Waals surface area contributed by atoms with Crippen molar-refractivity contribution in [2.24, 2.45) is 0 Å². The molecule has 0 atom stereocenters. The van der Waals surface area contributed by atoms with E-state index in [-0.39, 0.29) is 12.3 Å². The zero-order valence-electron chi connectivity index (χ0n) is 9.98. The van der Waals surface area contributed by atoms with Crippen LogP contribution in [0.2, 0.25) is 10.0 Å². The largest absolute Gasteiger partial charge is 0.487 e. The molecule has 0 fully saturated rings. The van der Waals surface area contributed by atoms with Crippen LogP contribution in [0.4, 0.5) is 5.69 Å². The molecule has 4 nitrogen and oxygen atoms in total. The standard InChI is InChI=1S/C13H8BrCl2NO3/c14-10-5-4-8(17(18)19)6-13(10)20-7-9-11(15)2-1-3-12(9)16/h1-6H,7H2. The van der Waals surface area contributed by atoms with E-state index in [1.54, 1.807) is 24.3 Å². The summed E-state index contributed by atoms with van der Waals surface area (Å²) in [5, 5.41) is 11.7. The summed E-state index contributed by atoms with van der Waals surface area (Å²) in [7, 11) is 0. The minimum absolute atomic E-state index is 0.0477. The SMILES string of the molecule is O=[N+]([O-])c1ccc(Br)c(OCc2c(Cl)cccc2Cl)c1. The van der Waals surface area contributed by atoms with Gasteiger partial charge in [-0.2, -0.15) is 0 Å². The summed E-state index contributed by atoms with van der Waals surface area (Å²) >= 11 is 15.3. The van der Waals surface area contributed by atoms with Gasteiger partial charge >= 0.3 is 0 Å². The van der Waals surface area contributed by atoms with E-state index in [1.807, 2.05) is 0 Å². The van der Waals surface area contributed by atoms with Crippen LogP contribution in [0.1, 0.15) is 5.56 Å². The van der Waals surface area contributed by atoms with Gasteiger partial charge in [-0.1, -0.05) is 29.3 Å². The molecule has 0 N–H and O–H groups in total. The summed E-state index contributed by atoms with van der Waals surface area (Å²) in [4.78, 5) is 10.3. The number of hydrogen-bond acceptors (Lipinski definition) is 3. The van der Waals surface area contributed by atoms with Gasteiger partial charge in [0.15, 0.2) is 0 Å². The van der Waals surface area contributed by atoms with Gasteiger partial charge in [-0.25, -0.2) is 0 Å². The first-order valence-electron chi connectivity index (χ1n) is 5.48. The summed E-state index contributed by atoms with van der Waals surface area (Å²) in [5.74, 6) is 0.357. The Hall–Kier alpha value is -1.30. The average molecular weight is 377 g/mol. The van der Waals surface area contributed by atoms with Gasteiger partial charge in [-0.05, 0) is 34.1 Å². The number of non-ortho nitro benzene ring substituents is 1. The van der Waals surface area contributed by atoms with Crippen LogP contribution in [0, 0.1) is 10.1 Å². The number of ether oxygens (including phenoxy) is 1. The molecule has 7 heteroatoms. The van der Waals surface area contributed by atoms with Crippen molar-refractivity contribution < 1.29 is 9.66 Å². The van der Waals surface area contributed by atoms with Crippen LogP contribution in [-0.2, 0) is 6.61 Å². The Bertz CT molecular complexity index is 644. The molecule has 0 bridgehead atoms. The minimum atomic E-state index is -0.484. The Labute approximate surface area is 133 Å². The van der Waals surface area contributed by atoms with Gasteiger partial charge < -0.3 is 4.74 Å². The van der Waals surface area contributed by atoms with Crippen molar-refractivity contribution in [2.45, 2.75) is 6.61 Å². The van der Waals surface area contributed by atoms with Crippen LogP contribution < -0.4 is 4.74 Å². The van der Waals surface area contributed by atoms with E-state index in [9.17, 15) is 10.1 Å². The molecule has 2 aromatic carbocycles. The fourth-order valence-electron chi connectivity index (χ4n) is 1.54. The lowest BCUT2D eigenvalue weighted by atomic mass is 10.2. The summed E-state index contributed by atoms with van der Waals surface area (Å²) in [6.45, 7) is 0.123. The predicted molar refractivity (Wildman–Crippen MR) is 81.6 cm³/mol. The molecular formula is C13H8BrCl2NO3. The molecule has 20 heavy (non-hydrogen) atoms. The maximum atomic E-state index is 10.7. The van der Waals surface area contributed by atoms with E-state index in [0.717, 1.165) is 0 Å². The Balaban J connectivity index is 2.23. The van der Waals surface area contributed by atoms with Crippen LogP contribution in [0.25, 0.3) is 0 Å². The highest BCUT2D eigenvalue weighted by Crippen LogP contribution is 2.31. The van der Waals surface area contributed by atoms with Gasteiger partial charge in [-0.3, -0.25) is 10.1 Å². The number of nitro benzene ring substituents is 1. The zero-order valence-corrected chi connectivity index (χ0v) is 13.1. The Kier molecular flexibility index (Phi) is 4.86. The first kappa shape index (κ1) is 15.1. The van der Waals surface area contributed by atoms with Crippen molar-refractivity contribution in [3.8, 4) is 5.75 Å². The first-order valence-corrected chi connectivity index (χ1v) is 7.03. The Morgan fingerprint density at radius 3 is 2.45 bits per heavy atom. The molecule has 0 saturated carbocycles. The molecule has 0 aliphatic heterocycles. The van der Waals surface area contributed by atoms with Gasteiger partial charge in [-0.15, -0.1) is 0 Å². The minimum Gasteiger partial charge on any atom is -0.487 e. The lowest BCUT2D eigenvalue weighted by molar-refractivity contribution is -0.385. The summed E-state index contributed by atoms with van der Waals surface area (Å²) < 4.78 is 6.17. The second kappa shape index (κ2) is 6.43. The quantitative estimate of drug-likeness (QED) is 0.541. The number of benzene rings is 2. The summed E-state index contributed by atoms with van der Waals surface area (Å²) in [5.41, 5.74) is 0.586. The van der Waals surface area contributed by atoms with Gasteiger partial charge in [0, 0.05) is 21.7 Å². The first-order chi connectivity index (χ1) is 9.49. The molecule has 0 aliphatic carbocycles. The van der Waals surface area contributed by atoms with Crippen LogP contribution in [0.3, 0.4) is 0 Å². The van der Waals surface area contributed by atoms with E-state index in [4.69, 9.17) is 27.9 Å². The lowest BCUT2D eigenvalue weighted by Gasteiger charge is -2.10. The van der Waals surface area contributed by atoms with Gasteiger partial charge in [0.2, 0.25) is 0 Å². The summed E-state index contributed by atoms with van der Waals surface area (Å²) in [6, 6.07) is 9.43. The van der Waals surface area contributed by atoms with E-state index in [0.29, 0.717) is 25.8 Å². The van der Waals surface area contributed by atoms with E-state index in [1.165, 1.54) is 12.1 Å². The smallest absolute Gasteiger partial charge is 0.273 e. The fraction of sp³-hybridized carbons (Fsp3) is 0.0769. The number of nitro groups is 1. The van der Waals surface area contributed by atoms with Crippen LogP contribution in [0.5, 0.6) is 5.75 Å². The molecule has 0 aromatic heterocycles. The van der Waals surface area contributed by atoms with Gasteiger partial charge in [0.05, 0.1) is 15.5 Å². The third kappa shape index (κ3) is 3.42. The highest BCUT2D eigenvalue weighted by atomic mass is 79.9. The molecule has 0 spiro atoms. The van der Waals surface area contributed by atoms with E-state index in [2.05, 4.69) is 15.9 Å². The van der Waals surface area contributed by atoms with Crippen LogP contribution in [-0.4, -0.2) is 4.92 Å². The van der Waals surface area contributed by atoms with Crippen LogP contribution >= 0.6 is 39.1 Å². The van der Waals surface area contributed by atoms with Crippen molar-refractivity contribution in [2.75, 3.05) is 0 Å². The number of halogens is 3. The van der Waals surface area contributed by atoms with Crippen molar-refractivity contribution in [3.63, 3.8) is 0 Å². The average Bonchev–Trinajstić information content (AvgIpc) is 2.39.